The van der Waals surface area contributed by atoms with Crippen LogP contribution in [0.3, 0.4) is 0 Å². The Balaban J connectivity index is 0.000000427. The van der Waals surface area contributed by atoms with Crippen LogP contribution in [0.1, 0.15) is 30.9 Å². The number of carbonyl (C=O) groups is 3. The first kappa shape index (κ1) is 29.2. The number of hydrogen-bond donors (Lipinski definition) is 3. The van der Waals surface area contributed by atoms with Gasteiger partial charge in [0.25, 0.3) is 5.91 Å². The maximum absolute atomic E-state index is 12.4. The summed E-state index contributed by atoms with van der Waals surface area (Å²) in [5.41, 5.74) is 8.20. The van der Waals surface area contributed by atoms with Gasteiger partial charge in [-0.1, -0.05) is 12.1 Å². The Morgan fingerprint density at radius 2 is 1.80 bits per heavy atom. The standard InChI is InChI=1S/C17H21NO4S.C8H12N4/c1-3-22-15-8-6-14(7-9-15)12-16(23-2)17(21)18(13-20)10-4-5-11-19;1-11-7-4-2-6(3-5-7)8(9)12-10/h6-9,11-13H,3-5,10H2,1-2H3;2-5,11H,10H2,1H3,(H2,9,12)/b16-12-;. The highest BCUT2D eigenvalue weighted by Crippen LogP contribution is 2.21. The number of carbonyl (C=O) groups excluding carboxylic acids is 3. The summed E-state index contributed by atoms with van der Waals surface area (Å²) in [6.45, 7) is 2.75. The molecule has 10 heteroatoms. The molecule has 0 heterocycles. The van der Waals surface area contributed by atoms with E-state index in [1.807, 2.05) is 62.5 Å². The fourth-order valence-corrected chi connectivity index (χ4v) is 3.30. The predicted octanol–water partition coefficient (Wildman–Crippen LogP) is 3.06. The first-order valence-corrected chi connectivity index (χ1v) is 12.2. The van der Waals surface area contributed by atoms with Crippen LogP contribution in [-0.2, 0) is 14.4 Å². The summed E-state index contributed by atoms with van der Waals surface area (Å²) in [5.74, 6) is 5.78. The van der Waals surface area contributed by atoms with E-state index in [-0.39, 0.29) is 12.5 Å². The predicted molar refractivity (Wildman–Crippen MR) is 143 cm³/mol. The Morgan fingerprint density at radius 3 is 2.29 bits per heavy atom. The van der Waals surface area contributed by atoms with Crippen molar-refractivity contribution in [2.75, 3.05) is 31.8 Å². The molecule has 9 nitrogen and oxygen atoms in total. The zero-order chi connectivity index (χ0) is 26.1. The summed E-state index contributed by atoms with van der Waals surface area (Å²) in [6.07, 6.45) is 5.60. The minimum absolute atomic E-state index is 0.238. The number of unbranched alkanes of at least 4 members (excludes halogenated alkanes) is 1. The molecule has 0 saturated carbocycles. The van der Waals surface area contributed by atoms with Crippen LogP contribution in [0.25, 0.3) is 6.08 Å². The topological polar surface area (TPSA) is 140 Å². The highest BCUT2D eigenvalue weighted by molar-refractivity contribution is 8.03. The van der Waals surface area contributed by atoms with Crippen molar-refractivity contribution >= 4 is 48.0 Å². The van der Waals surface area contributed by atoms with Crippen molar-refractivity contribution in [3.63, 3.8) is 0 Å². The van der Waals surface area contributed by atoms with E-state index < -0.39 is 0 Å². The Bertz CT molecular complexity index is 992. The Kier molecular flexibility index (Phi) is 14.0. The number of aldehydes is 1. The van der Waals surface area contributed by atoms with Gasteiger partial charge in [0, 0.05) is 31.3 Å². The summed E-state index contributed by atoms with van der Waals surface area (Å²) < 4.78 is 5.37. The molecule has 0 aliphatic heterocycles. The summed E-state index contributed by atoms with van der Waals surface area (Å²) in [4.78, 5) is 35.4. The Labute approximate surface area is 210 Å². The van der Waals surface area contributed by atoms with Gasteiger partial charge in [0.15, 0.2) is 0 Å². The lowest BCUT2D eigenvalue weighted by molar-refractivity contribution is -0.134. The third-order valence-electron chi connectivity index (χ3n) is 4.64. The molecule has 0 unspecified atom stereocenters. The average Bonchev–Trinajstić information content (AvgIpc) is 2.90. The van der Waals surface area contributed by atoms with E-state index in [0.717, 1.165) is 33.7 Å². The molecule has 0 atom stereocenters. The summed E-state index contributed by atoms with van der Waals surface area (Å²) in [5, 5.41) is 6.39. The molecule has 0 bridgehead atoms. The number of rotatable bonds is 12. The van der Waals surface area contributed by atoms with E-state index in [2.05, 4.69) is 10.4 Å². The molecule has 188 valence electrons. The van der Waals surface area contributed by atoms with Crippen molar-refractivity contribution in [2.24, 2.45) is 16.7 Å². The third-order valence-corrected chi connectivity index (χ3v) is 5.37. The largest absolute Gasteiger partial charge is 0.494 e. The van der Waals surface area contributed by atoms with Gasteiger partial charge in [-0.25, -0.2) is 0 Å². The zero-order valence-corrected chi connectivity index (χ0v) is 21.1. The smallest absolute Gasteiger partial charge is 0.266 e. The minimum atomic E-state index is -0.354. The molecule has 0 aliphatic carbocycles. The molecule has 0 saturated heterocycles. The number of amides is 2. The lowest BCUT2D eigenvalue weighted by Crippen LogP contribution is -2.31. The second kappa shape index (κ2) is 16.8. The van der Waals surface area contributed by atoms with E-state index in [0.29, 0.717) is 36.6 Å². The van der Waals surface area contributed by atoms with Gasteiger partial charge < -0.3 is 26.4 Å². The van der Waals surface area contributed by atoms with Crippen LogP contribution in [0.2, 0.25) is 0 Å². The van der Waals surface area contributed by atoms with Crippen molar-refractivity contribution in [3.05, 3.63) is 64.6 Å². The maximum atomic E-state index is 12.4. The zero-order valence-electron chi connectivity index (χ0n) is 20.3. The second-order valence-electron chi connectivity index (χ2n) is 6.97. The number of hydrazone groups is 1. The normalized spacial score (nSPS) is 11.1. The van der Waals surface area contributed by atoms with Crippen molar-refractivity contribution in [1.29, 1.82) is 0 Å². The number of hydrogen-bond acceptors (Lipinski definition) is 8. The number of anilines is 1. The van der Waals surface area contributed by atoms with Gasteiger partial charge in [-0.15, -0.1) is 11.8 Å². The van der Waals surface area contributed by atoms with Crippen LogP contribution >= 0.6 is 11.8 Å². The number of imide groups is 1. The molecule has 0 fully saturated rings. The first-order valence-electron chi connectivity index (χ1n) is 10.9. The maximum Gasteiger partial charge on any atom is 0.266 e. The van der Waals surface area contributed by atoms with Gasteiger partial charge >= 0.3 is 0 Å². The number of amidine groups is 1. The molecule has 0 spiro atoms. The average molecular weight is 500 g/mol. The summed E-state index contributed by atoms with van der Waals surface area (Å²) in [7, 11) is 1.86. The van der Waals surface area contributed by atoms with Crippen molar-refractivity contribution in [1.82, 2.24) is 4.90 Å². The molecular weight excluding hydrogens is 466 g/mol. The number of nitrogens with two attached hydrogens (primary N) is 2. The third kappa shape index (κ3) is 10.3. The van der Waals surface area contributed by atoms with Gasteiger partial charge in [-0.05, 0) is 67.6 Å². The first-order chi connectivity index (χ1) is 16.9. The van der Waals surface area contributed by atoms with Crippen LogP contribution in [0.15, 0.2) is 58.5 Å². The van der Waals surface area contributed by atoms with E-state index in [9.17, 15) is 14.4 Å². The fourth-order valence-electron chi connectivity index (χ4n) is 2.76. The molecule has 2 amide bonds. The quantitative estimate of drug-likeness (QED) is 0.0770. The highest BCUT2D eigenvalue weighted by atomic mass is 32.2. The molecule has 0 aliphatic rings. The summed E-state index contributed by atoms with van der Waals surface area (Å²) >= 11 is 1.28. The number of benzene rings is 2. The van der Waals surface area contributed by atoms with Crippen LogP contribution in [0.5, 0.6) is 5.75 Å². The van der Waals surface area contributed by atoms with Gasteiger partial charge in [-0.3, -0.25) is 14.5 Å². The van der Waals surface area contributed by atoms with Crippen LogP contribution in [-0.4, -0.2) is 55.8 Å². The number of nitrogens with one attached hydrogen (secondary N) is 1. The molecule has 2 rings (SSSR count). The molecule has 35 heavy (non-hydrogen) atoms. The number of thioether (sulfide) groups is 1. The van der Waals surface area contributed by atoms with Crippen molar-refractivity contribution in [3.8, 4) is 5.75 Å². The highest BCUT2D eigenvalue weighted by Gasteiger charge is 2.17. The molecule has 0 aromatic heterocycles. The molecule has 2 aromatic carbocycles. The lowest BCUT2D eigenvalue weighted by atomic mass is 10.2. The van der Waals surface area contributed by atoms with Gasteiger partial charge in [-0.2, -0.15) is 5.10 Å². The molecular formula is C25H33N5O4S. The summed E-state index contributed by atoms with van der Waals surface area (Å²) in [6, 6.07) is 14.9. The number of nitrogens with zero attached hydrogens (tertiary/aromatic N) is 2. The molecule has 5 N–H and O–H groups in total. The van der Waals surface area contributed by atoms with Crippen LogP contribution in [0, 0.1) is 0 Å². The van der Waals surface area contributed by atoms with Gasteiger partial charge in [0.05, 0.1) is 11.5 Å². The van der Waals surface area contributed by atoms with Crippen LogP contribution in [0.4, 0.5) is 5.69 Å². The Hall–Kier alpha value is -3.79. The van der Waals surface area contributed by atoms with Crippen molar-refractivity contribution < 1.29 is 19.1 Å². The SMILES string of the molecule is CCOc1ccc(/C=C(\SC)C(=O)N(C=O)CCCC=O)cc1.CNc1ccc(/C(N)=N/N)cc1. The minimum Gasteiger partial charge on any atom is -0.494 e. The molecule has 0 radical (unpaired) electrons. The lowest BCUT2D eigenvalue weighted by Gasteiger charge is -2.16. The van der Waals surface area contributed by atoms with Gasteiger partial charge in [0.1, 0.15) is 17.9 Å². The fraction of sp³-hybridized carbons (Fsp3) is 0.280. The van der Waals surface area contributed by atoms with Crippen LogP contribution < -0.4 is 21.6 Å². The second-order valence-corrected chi connectivity index (χ2v) is 7.82. The van der Waals surface area contributed by atoms with E-state index in [1.165, 1.54) is 11.8 Å². The van der Waals surface area contributed by atoms with Crippen molar-refractivity contribution in [2.45, 2.75) is 19.8 Å². The van der Waals surface area contributed by atoms with E-state index in [4.69, 9.17) is 16.3 Å². The monoisotopic (exact) mass is 499 g/mol. The van der Waals surface area contributed by atoms with E-state index in [1.54, 1.807) is 12.3 Å². The van der Waals surface area contributed by atoms with Gasteiger partial charge in [0.2, 0.25) is 6.41 Å². The van der Waals surface area contributed by atoms with E-state index >= 15 is 0 Å². The number of ether oxygens (including phenoxy) is 1. The molecule has 2 aromatic rings. The Morgan fingerprint density at radius 1 is 1.14 bits per heavy atom.